The van der Waals surface area contributed by atoms with E-state index < -0.39 is 14.7 Å². The van der Waals surface area contributed by atoms with E-state index in [1.54, 1.807) is 0 Å². The second-order valence-corrected chi connectivity index (χ2v) is 4.95. The van der Waals surface area contributed by atoms with Crippen LogP contribution in [-0.4, -0.2) is 40.8 Å². The van der Waals surface area contributed by atoms with E-state index in [1.165, 1.54) is 0 Å². The van der Waals surface area contributed by atoms with E-state index in [-0.39, 0.29) is 18.6 Å². The molecule has 0 rings (SSSR count). The van der Waals surface area contributed by atoms with Crippen molar-refractivity contribution in [3.05, 3.63) is 0 Å². The van der Waals surface area contributed by atoms with Crippen molar-refractivity contribution < 1.29 is 24.2 Å². The van der Waals surface area contributed by atoms with Crippen LogP contribution in [0.25, 0.3) is 0 Å². The van der Waals surface area contributed by atoms with Gasteiger partial charge in [-0.1, -0.05) is 20.8 Å². The van der Waals surface area contributed by atoms with E-state index in [4.69, 9.17) is 19.6 Å². The van der Waals surface area contributed by atoms with Gasteiger partial charge in [0.05, 0.1) is 19.8 Å². The van der Waals surface area contributed by atoms with E-state index in [0.717, 1.165) is 0 Å². The van der Waals surface area contributed by atoms with Gasteiger partial charge in [0.25, 0.3) is 0 Å². The maximum atomic E-state index is 8.79. The minimum absolute atomic E-state index is 0.0448. The van der Waals surface area contributed by atoms with Crippen molar-refractivity contribution in [3.8, 4) is 0 Å². The molecule has 0 bridgehead atoms. The normalized spacial score (nSPS) is 14.8. The molecule has 1 unspecified atom stereocenters. The van der Waals surface area contributed by atoms with Gasteiger partial charge in [-0.3, -0.25) is 0 Å². The van der Waals surface area contributed by atoms with Crippen LogP contribution >= 0.6 is 8.60 Å². The van der Waals surface area contributed by atoms with Gasteiger partial charge in [0, 0.05) is 0 Å². The molecule has 0 saturated carbocycles. The lowest BCUT2D eigenvalue weighted by atomic mass is 9.99. The molecular formula is C8H19O5P. The Balaban J connectivity index is 3.63. The zero-order valence-electron chi connectivity index (χ0n) is 8.80. The van der Waals surface area contributed by atoms with Crippen molar-refractivity contribution >= 4 is 8.60 Å². The molecule has 0 heterocycles. The molecule has 0 spiro atoms. The fourth-order valence-corrected chi connectivity index (χ4v) is 1.14. The highest BCUT2D eigenvalue weighted by Crippen LogP contribution is 2.26. The summed E-state index contributed by atoms with van der Waals surface area (Å²) >= 11 is 0. The van der Waals surface area contributed by atoms with Crippen LogP contribution in [0.2, 0.25) is 0 Å². The van der Waals surface area contributed by atoms with Crippen LogP contribution in [0.3, 0.4) is 0 Å². The third kappa shape index (κ3) is 8.81. The molecule has 0 amide bonds. The molecule has 86 valence electrons. The molecule has 0 aliphatic carbocycles. The lowest BCUT2D eigenvalue weighted by molar-refractivity contribution is -0.00798. The van der Waals surface area contributed by atoms with Gasteiger partial charge in [0.15, 0.2) is 0 Å². The van der Waals surface area contributed by atoms with Gasteiger partial charge in [-0.25, -0.2) is 0 Å². The Morgan fingerprint density at radius 1 is 1.29 bits per heavy atom. The quantitative estimate of drug-likeness (QED) is 0.579. The topological polar surface area (TPSA) is 79.2 Å². The fraction of sp³-hybridized carbons (Fsp3) is 1.00. The summed E-state index contributed by atoms with van der Waals surface area (Å²) in [6.45, 7) is 6.46. The lowest BCUT2D eigenvalue weighted by Gasteiger charge is -2.21. The number of aliphatic hydroxyl groups is 1. The summed E-state index contributed by atoms with van der Waals surface area (Å²) in [5.41, 5.74) is 0.0448. The van der Waals surface area contributed by atoms with Crippen LogP contribution in [0.4, 0.5) is 0 Å². The van der Waals surface area contributed by atoms with E-state index in [9.17, 15) is 0 Å². The van der Waals surface area contributed by atoms with Crippen molar-refractivity contribution in [1.29, 1.82) is 0 Å². The Bertz CT molecular complexity index is 145. The molecule has 6 heteroatoms. The first-order valence-corrected chi connectivity index (χ1v) is 5.55. The number of hydrogen-bond donors (Lipinski definition) is 3. The summed E-state index contributed by atoms with van der Waals surface area (Å²) in [7, 11) is -2.43. The molecule has 3 N–H and O–H groups in total. The Morgan fingerprint density at radius 2 is 1.86 bits per heavy atom. The smallest absolute Gasteiger partial charge is 0.327 e. The van der Waals surface area contributed by atoms with Crippen LogP contribution in [0.5, 0.6) is 0 Å². The molecule has 0 aromatic heterocycles. The second kappa shape index (κ2) is 6.67. The fourth-order valence-electron chi connectivity index (χ4n) is 0.746. The van der Waals surface area contributed by atoms with Crippen LogP contribution in [0.1, 0.15) is 20.8 Å². The predicted octanol–water partition coefficient (Wildman–Crippen LogP) is 0.638. The van der Waals surface area contributed by atoms with Gasteiger partial charge in [0.2, 0.25) is 0 Å². The molecular weight excluding hydrogens is 207 g/mol. The zero-order valence-corrected chi connectivity index (χ0v) is 9.70. The second-order valence-electron chi connectivity index (χ2n) is 4.24. The Hall–Kier alpha value is 0.230. The standard InChI is InChI=1S/C8H19O5P/c1-8(2,3)6-12-5-7(4-9)13-14(10)11/h7,9-11H,4-6H2,1-3H3. The Kier molecular flexibility index (Phi) is 6.78. The van der Waals surface area contributed by atoms with Crippen molar-refractivity contribution in [1.82, 2.24) is 0 Å². The third-order valence-electron chi connectivity index (χ3n) is 1.29. The van der Waals surface area contributed by atoms with Gasteiger partial charge < -0.3 is 24.2 Å². The van der Waals surface area contributed by atoms with Crippen LogP contribution < -0.4 is 0 Å². The lowest BCUT2D eigenvalue weighted by Crippen LogP contribution is -2.25. The van der Waals surface area contributed by atoms with E-state index in [2.05, 4.69) is 4.52 Å². The van der Waals surface area contributed by atoms with Gasteiger partial charge in [-0.2, -0.15) is 0 Å². The number of aliphatic hydroxyl groups excluding tert-OH is 1. The van der Waals surface area contributed by atoms with Gasteiger partial charge >= 0.3 is 8.60 Å². The van der Waals surface area contributed by atoms with Gasteiger partial charge in [-0.15, -0.1) is 0 Å². The van der Waals surface area contributed by atoms with Crippen molar-refractivity contribution in [2.45, 2.75) is 26.9 Å². The Morgan fingerprint density at radius 3 is 2.21 bits per heavy atom. The first-order valence-electron chi connectivity index (χ1n) is 4.38. The van der Waals surface area contributed by atoms with E-state index >= 15 is 0 Å². The Labute approximate surface area is 85.7 Å². The van der Waals surface area contributed by atoms with Gasteiger partial charge in [-0.05, 0) is 5.41 Å². The molecule has 0 saturated heterocycles. The maximum Gasteiger partial charge on any atom is 0.327 e. The van der Waals surface area contributed by atoms with Crippen LogP contribution in [-0.2, 0) is 9.26 Å². The molecule has 0 radical (unpaired) electrons. The SMILES string of the molecule is CC(C)(C)COCC(CO)OP(O)O. The first kappa shape index (κ1) is 14.2. The highest BCUT2D eigenvalue weighted by molar-refractivity contribution is 7.39. The van der Waals surface area contributed by atoms with Gasteiger partial charge in [0.1, 0.15) is 6.10 Å². The van der Waals surface area contributed by atoms with E-state index in [0.29, 0.717) is 6.61 Å². The molecule has 0 aromatic rings. The first-order chi connectivity index (χ1) is 6.35. The molecule has 0 aromatic carbocycles. The summed E-state index contributed by atoms with van der Waals surface area (Å²) in [6.07, 6.45) is -0.668. The monoisotopic (exact) mass is 226 g/mol. The van der Waals surface area contributed by atoms with Crippen molar-refractivity contribution in [3.63, 3.8) is 0 Å². The minimum Gasteiger partial charge on any atom is -0.394 e. The molecule has 0 aliphatic rings. The minimum atomic E-state index is -2.43. The summed E-state index contributed by atoms with van der Waals surface area (Å²) in [6, 6.07) is 0. The van der Waals surface area contributed by atoms with Crippen molar-refractivity contribution in [2.24, 2.45) is 5.41 Å². The van der Waals surface area contributed by atoms with E-state index in [1.807, 2.05) is 20.8 Å². The summed E-state index contributed by atoms with van der Waals surface area (Å²) < 4.78 is 9.87. The van der Waals surface area contributed by atoms with Crippen LogP contribution in [0, 0.1) is 5.41 Å². The highest BCUT2D eigenvalue weighted by Gasteiger charge is 2.16. The molecule has 1 atom stereocenters. The molecule has 0 aliphatic heterocycles. The predicted molar refractivity (Wildman–Crippen MR) is 53.6 cm³/mol. The largest absolute Gasteiger partial charge is 0.394 e. The summed E-state index contributed by atoms with van der Waals surface area (Å²) in [4.78, 5) is 17.1. The summed E-state index contributed by atoms with van der Waals surface area (Å²) in [5.74, 6) is 0. The third-order valence-corrected chi connectivity index (χ3v) is 1.77. The molecule has 5 nitrogen and oxygen atoms in total. The zero-order chi connectivity index (χ0) is 11.2. The molecule has 14 heavy (non-hydrogen) atoms. The van der Waals surface area contributed by atoms with Crippen LogP contribution in [0.15, 0.2) is 0 Å². The highest BCUT2D eigenvalue weighted by atomic mass is 31.2. The average Bonchev–Trinajstić information content (AvgIpc) is 1.99. The summed E-state index contributed by atoms with van der Waals surface area (Å²) in [5, 5.41) is 8.79. The van der Waals surface area contributed by atoms with Crippen molar-refractivity contribution in [2.75, 3.05) is 19.8 Å². The number of ether oxygens (including phenoxy) is 1. The average molecular weight is 226 g/mol. The maximum absolute atomic E-state index is 8.79. The number of rotatable bonds is 6. The number of hydrogen-bond acceptors (Lipinski definition) is 5. The molecule has 0 fully saturated rings.